The predicted molar refractivity (Wildman–Crippen MR) is 146 cm³/mol. The number of phenolic OH excluding ortho intramolecular Hbond substituents is 1. The van der Waals surface area contributed by atoms with E-state index in [0.29, 0.717) is 23.6 Å². The molecular formula is C28H31F4N3O5S. The number of phenols is 1. The van der Waals surface area contributed by atoms with E-state index in [0.717, 1.165) is 17.9 Å². The number of carbonyl (C=O) groups is 1. The molecule has 0 spiro atoms. The maximum Gasteiger partial charge on any atom is 0.419 e. The molecule has 0 heterocycles. The summed E-state index contributed by atoms with van der Waals surface area (Å²) in [6.07, 6.45) is -4.33. The second-order valence-corrected chi connectivity index (χ2v) is 11.5. The SMILES string of the molecule is C[C@H](Cc1cccc(CC(=O)NCc2ccc(F)c(C(F)(F)F)c2)c1)NC[C@H](O)c1ccc(O)c(NS(C)(=O)=O)c1. The zero-order valence-electron chi connectivity index (χ0n) is 22.3. The first-order valence-electron chi connectivity index (χ1n) is 12.5. The van der Waals surface area contributed by atoms with Gasteiger partial charge in [-0.15, -0.1) is 0 Å². The molecule has 222 valence electrons. The summed E-state index contributed by atoms with van der Waals surface area (Å²) >= 11 is 0. The summed E-state index contributed by atoms with van der Waals surface area (Å²) in [5.41, 5.74) is 0.695. The van der Waals surface area contributed by atoms with Crippen LogP contribution in [0.4, 0.5) is 23.2 Å². The Morgan fingerprint density at radius 2 is 1.71 bits per heavy atom. The Hall–Kier alpha value is -3.68. The van der Waals surface area contributed by atoms with Crippen molar-refractivity contribution in [3.63, 3.8) is 0 Å². The number of sulfonamides is 1. The first-order chi connectivity index (χ1) is 19.1. The number of alkyl halides is 3. The third-order valence-corrected chi connectivity index (χ3v) is 6.67. The molecule has 8 nitrogen and oxygen atoms in total. The molecule has 3 aromatic carbocycles. The van der Waals surface area contributed by atoms with Crippen molar-refractivity contribution in [2.75, 3.05) is 17.5 Å². The lowest BCUT2D eigenvalue weighted by molar-refractivity contribution is -0.140. The summed E-state index contributed by atoms with van der Waals surface area (Å²) in [4.78, 5) is 12.4. The van der Waals surface area contributed by atoms with Crippen LogP contribution in [-0.2, 0) is 40.4 Å². The summed E-state index contributed by atoms with van der Waals surface area (Å²) < 4.78 is 77.4. The molecule has 0 radical (unpaired) electrons. The third-order valence-electron chi connectivity index (χ3n) is 6.08. The minimum absolute atomic E-state index is 0.00755. The number of aliphatic hydroxyl groups excluding tert-OH is 1. The van der Waals surface area contributed by atoms with Crippen LogP contribution in [0.5, 0.6) is 5.75 Å². The molecular weight excluding hydrogens is 566 g/mol. The van der Waals surface area contributed by atoms with Gasteiger partial charge < -0.3 is 20.8 Å². The molecule has 2 atom stereocenters. The number of halogens is 4. The average molecular weight is 598 g/mol. The summed E-state index contributed by atoms with van der Waals surface area (Å²) in [7, 11) is -3.62. The first kappa shape index (κ1) is 31.8. The number of amides is 1. The van der Waals surface area contributed by atoms with E-state index in [9.17, 15) is 41.0 Å². The molecule has 3 aromatic rings. The van der Waals surface area contributed by atoms with Gasteiger partial charge in [0.25, 0.3) is 0 Å². The molecule has 0 saturated heterocycles. The van der Waals surface area contributed by atoms with E-state index in [4.69, 9.17) is 0 Å². The topological polar surface area (TPSA) is 128 Å². The summed E-state index contributed by atoms with van der Waals surface area (Å²) in [6.45, 7) is 1.86. The quantitative estimate of drug-likeness (QED) is 0.159. The molecule has 0 fully saturated rings. The molecule has 5 N–H and O–H groups in total. The Balaban J connectivity index is 1.52. The van der Waals surface area contributed by atoms with E-state index >= 15 is 0 Å². The monoisotopic (exact) mass is 597 g/mol. The Labute approximate surface area is 235 Å². The highest BCUT2D eigenvalue weighted by molar-refractivity contribution is 7.92. The van der Waals surface area contributed by atoms with Gasteiger partial charge in [-0.3, -0.25) is 9.52 Å². The van der Waals surface area contributed by atoms with E-state index in [1.807, 2.05) is 19.1 Å². The van der Waals surface area contributed by atoms with Crippen molar-refractivity contribution in [2.45, 2.75) is 44.6 Å². The lowest BCUT2D eigenvalue weighted by atomic mass is 10.0. The van der Waals surface area contributed by atoms with Gasteiger partial charge in [-0.2, -0.15) is 13.2 Å². The molecule has 0 bridgehead atoms. The average Bonchev–Trinajstić information content (AvgIpc) is 2.87. The number of rotatable bonds is 12. The number of anilines is 1. The van der Waals surface area contributed by atoms with E-state index < -0.39 is 39.6 Å². The van der Waals surface area contributed by atoms with Crippen molar-refractivity contribution in [1.29, 1.82) is 0 Å². The maximum absolute atomic E-state index is 13.5. The van der Waals surface area contributed by atoms with Crippen molar-refractivity contribution in [3.8, 4) is 5.75 Å². The molecule has 0 saturated carbocycles. The second-order valence-electron chi connectivity index (χ2n) is 9.77. The number of benzene rings is 3. The fourth-order valence-corrected chi connectivity index (χ4v) is 4.68. The highest BCUT2D eigenvalue weighted by Crippen LogP contribution is 2.32. The van der Waals surface area contributed by atoms with Gasteiger partial charge in [0.2, 0.25) is 15.9 Å². The Morgan fingerprint density at radius 3 is 2.39 bits per heavy atom. The lowest BCUT2D eigenvalue weighted by Crippen LogP contribution is -2.32. The van der Waals surface area contributed by atoms with Crippen LogP contribution in [0.2, 0.25) is 0 Å². The van der Waals surface area contributed by atoms with Gasteiger partial charge >= 0.3 is 6.18 Å². The van der Waals surface area contributed by atoms with Crippen molar-refractivity contribution >= 4 is 21.6 Å². The maximum atomic E-state index is 13.5. The molecule has 0 aromatic heterocycles. The number of hydrogen-bond donors (Lipinski definition) is 5. The molecule has 13 heteroatoms. The van der Waals surface area contributed by atoms with Crippen molar-refractivity contribution in [3.05, 3.63) is 94.3 Å². The van der Waals surface area contributed by atoms with Crippen LogP contribution in [0.1, 0.15) is 40.8 Å². The van der Waals surface area contributed by atoms with Gasteiger partial charge in [-0.1, -0.05) is 36.4 Å². The molecule has 3 rings (SSSR count). The van der Waals surface area contributed by atoms with E-state index in [2.05, 4.69) is 15.4 Å². The molecule has 0 aliphatic rings. The minimum atomic E-state index is -4.83. The highest BCUT2D eigenvalue weighted by atomic mass is 32.2. The van der Waals surface area contributed by atoms with Crippen LogP contribution in [0.15, 0.2) is 60.7 Å². The zero-order valence-corrected chi connectivity index (χ0v) is 23.1. The number of carbonyl (C=O) groups excluding carboxylic acids is 1. The van der Waals surface area contributed by atoms with Gasteiger partial charge in [0.15, 0.2) is 0 Å². The van der Waals surface area contributed by atoms with Crippen LogP contribution < -0.4 is 15.4 Å². The first-order valence-corrected chi connectivity index (χ1v) is 14.4. The van der Waals surface area contributed by atoms with Gasteiger partial charge in [-0.25, -0.2) is 12.8 Å². The van der Waals surface area contributed by atoms with E-state index in [1.165, 1.54) is 24.3 Å². The van der Waals surface area contributed by atoms with Crippen molar-refractivity contribution in [2.24, 2.45) is 0 Å². The van der Waals surface area contributed by atoms with Crippen LogP contribution in [0.3, 0.4) is 0 Å². The van der Waals surface area contributed by atoms with E-state index in [1.54, 1.807) is 12.1 Å². The number of nitrogens with one attached hydrogen (secondary N) is 3. The largest absolute Gasteiger partial charge is 0.506 e. The minimum Gasteiger partial charge on any atom is -0.506 e. The lowest BCUT2D eigenvalue weighted by Gasteiger charge is -2.19. The Kier molecular flexibility index (Phi) is 10.3. The highest BCUT2D eigenvalue weighted by Gasteiger charge is 2.34. The smallest absolute Gasteiger partial charge is 0.419 e. The van der Waals surface area contributed by atoms with Crippen LogP contribution in [-0.4, -0.2) is 43.4 Å². The predicted octanol–water partition coefficient (Wildman–Crippen LogP) is 4.03. The van der Waals surface area contributed by atoms with Gasteiger partial charge in [0, 0.05) is 19.1 Å². The summed E-state index contributed by atoms with van der Waals surface area (Å²) in [6, 6.07) is 13.8. The molecule has 1 amide bonds. The number of aromatic hydroxyl groups is 1. The van der Waals surface area contributed by atoms with Gasteiger partial charge in [0.05, 0.1) is 30.0 Å². The Morgan fingerprint density at radius 1 is 1.00 bits per heavy atom. The Bertz CT molecular complexity index is 1480. The zero-order chi connectivity index (χ0) is 30.4. The standard InChI is InChI=1S/C28H31F4N3O5S/c1-17(33-16-26(37)21-7-9-25(36)24(14-21)35-41(2,39)40)10-18-4-3-5-19(11-18)13-27(38)34-15-20-6-8-23(29)22(12-20)28(30,31)32/h3-9,11-12,14,17,26,33,35-37H,10,13,15-16H2,1-2H3,(H,34,38)/t17-,26+/m1/s1. The summed E-state index contributed by atoms with van der Waals surface area (Å²) in [5.74, 6) is -2.06. The third kappa shape index (κ3) is 10.0. The number of aliphatic hydroxyl groups is 1. The van der Waals surface area contributed by atoms with Crippen molar-refractivity contribution in [1.82, 2.24) is 10.6 Å². The molecule has 0 unspecified atom stereocenters. The molecule has 0 aliphatic carbocycles. The summed E-state index contributed by atoms with van der Waals surface area (Å²) in [5, 5.41) is 26.2. The second kappa shape index (κ2) is 13.3. The molecule has 41 heavy (non-hydrogen) atoms. The van der Waals surface area contributed by atoms with Crippen LogP contribution in [0, 0.1) is 5.82 Å². The van der Waals surface area contributed by atoms with Crippen LogP contribution in [0.25, 0.3) is 0 Å². The van der Waals surface area contributed by atoms with Crippen molar-refractivity contribution < 1.29 is 41.0 Å². The van der Waals surface area contributed by atoms with E-state index in [-0.39, 0.29) is 42.6 Å². The number of hydrogen-bond acceptors (Lipinski definition) is 6. The fraction of sp³-hybridized carbons (Fsp3) is 0.321. The van der Waals surface area contributed by atoms with Gasteiger partial charge in [0.1, 0.15) is 11.6 Å². The van der Waals surface area contributed by atoms with Gasteiger partial charge in [-0.05, 0) is 59.9 Å². The normalized spacial score (nSPS) is 13.4. The fourth-order valence-electron chi connectivity index (χ4n) is 4.11. The molecule has 0 aliphatic heterocycles. The van der Waals surface area contributed by atoms with Crippen LogP contribution >= 0.6 is 0 Å².